The van der Waals surface area contributed by atoms with Gasteiger partial charge in [-0.2, -0.15) is 11.3 Å². The Balaban J connectivity index is 1.10. The molecule has 0 saturated carbocycles. The molecule has 2 aliphatic rings. The first-order chi connectivity index (χ1) is 17.1. The summed E-state index contributed by atoms with van der Waals surface area (Å²) in [5.41, 5.74) is 5.31. The van der Waals surface area contributed by atoms with Crippen LogP contribution in [-0.2, 0) is 17.9 Å². The minimum absolute atomic E-state index is 0.192. The number of halogens is 1. The highest BCUT2D eigenvalue weighted by Gasteiger charge is 2.35. The molecule has 1 aromatic heterocycles. The van der Waals surface area contributed by atoms with Crippen LogP contribution in [0.4, 0.5) is 4.39 Å². The van der Waals surface area contributed by atoms with Gasteiger partial charge in [-0.15, -0.1) is 0 Å². The van der Waals surface area contributed by atoms with E-state index in [1.54, 1.807) is 0 Å². The zero-order valence-electron chi connectivity index (χ0n) is 20.7. The van der Waals surface area contributed by atoms with Crippen LogP contribution in [0.3, 0.4) is 0 Å². The summed E-state index contributed by atoms with van der Waals surface area (Å²) in [6, 6.07) is 18.0. The first-order valence-electron chi connectivity index (χ1n) is 13.0. The monoisotopic (exact) mass is 492 g/mol. The van der Waals surface area contributed by atoms with Crippen LogP contribution in [0.15, 0.2) is 65.4 Å². The van der Waals surface area contributed by atoms with Gasteiger partial charge in [-0.05, 0) is 90.3 Å². The van der Waals surface area contributed by atoms with Gasteiger partial charge in [0.1, 0.15) is 5.82 Å². The van der Waals surface area contributed by atoms with E-state index < -0.39 is 0 Å². The summed E-state index contributed by atoms with van der Waals surface area (Å²) in [5, 5.41) is 4.59. The fraction of sp³-hybridized carbons (Fsp3) is 0.467. The van der Waals surface area contributed by atoms with E-state index in [0.717, 1.165) is 38.3 Å². The molecule has 0 radical (unpaired) electrons. The van der Waals surface area contributed by atoms with Gasteiger partial charge in [0, 0.05) is 38.7 Å². The molecular formula is C30H37FN2OS. The normalized spacial score (nSPS) is 22.1. The summed E-state index contributed by atoms with van der Waals surface area (Å²) in [6.07, 6.45) is 2.40. The van der Waals surface area contributed by atoms with Crippen molar-refractivity contribution >= 4 is 11.3 Å². The maximum absolute atomic E-state index is 13.1. The summed E-state index contributed by atoms with van der Waals surface area (Å²) in [7, 11) is 0. The lowest BCUT2D eigenvalue weighted by molar-refractivity contribution is 0.0542. The molecule has 3 heterocycles. The lowest BCUT2D eigenvalue weighted by Gasteiger charge is -2.34. The van der Waals surface area contributed by atoms with Gasteiger partial charge in [-0.3, -0.25) is 4.90 Å². The molecule has 5 heteroatoms. The summed E-state index contributed by atoms with van der Waals surface area (Å²) < 4.78 is 19.0. The van der Waals surface area contributed by atoms with Crippen molar-refractivity contribution in [1.29, 1.82) is 0 Å². The number of likely N-dealkylation sites (tertiary alicyclic amines) is 2. The van der Waals surface area contributed by atoms with E-state index in [1.807, 2.05) is 23.5 Å². The molecule has 0 bridgehead atoms. The van der Waals surface area contributed by atoms with Gasteiger partial charge in [-0.25, -0.2) is 4.39 Å². The SMILES string of the molecule is Cc1ccc(CN2CC(CN3CCC(COCc4ccc(F)cc4)CC3)C(c3ccsc3)C2)cc1. The van der Waals surface area contributed by atoms with E-state index in [0.29, 0.717) is 24.4 Å². The Labute approximate surface area is 213 Å². The summed E-state index contributed by atoms with van der Waals surface area (Å²) in [4.78, 5) is 5.35. The third-order valence-electron chi connectivity index (χ3n) is 7.75. The molecule has 3 nitrogen and oxygen atoms in total. The third-order valence-corrected chi connectivity index (χ3v) is 8.45. The second-order valence-electron chi connectivity index (χ2n) is 10.5. The molecule has 2 aromatic carbocycles. The smallest absolute Gasteiger partial charge is 0.123 e. The van der Waals surface area contributed by atoms with Crippen molar-refractivity contribution in [1.82, 2.24) is 9.80 Å². The van der Waals surface area contributed by atoms with E-state index in [4.69, 9.17) is 4.74 Å². The zero-order chi connectivity index (χ0) is 24.0. The Bertz CT molecular complexity index is 1030. The molecule has 0 amide bonds. The lowest BCUT2D eigenvalue weighted by atomic mass is 9.89. The minimum atomic E-state index is -0.192. The Hall–Kier alpha value is -2.05. The number of benzene rings is 2. The summed E-state index contributed by atoms with van der Waals surface area (Å²) in [6.45, 7) is 10.4. The average Bonchev–Trinajstić information content (AvgIpc) is 3.53. The van der Waals surface area contributed by atoms with Gasteiger partial charge in [0.05, 0.1) is 6.61 Å². The van der Waals surface area contributed by atoms with Crippen molar-refractivity contribution in [2.24, 2.45) is 11.8 Å². The second kappa shape index (κ2) is 11.8. The molecule has 2 unspecified atom stereocenters. The molecule has 2 aliphatic heterocycles. The first-order valence-corrected chi connectivity index (χ1v) is 13.9. The molecule has 3 aromatic rings. The van der Waals surface area contributed by atoms with Crippen LogP contribution in [0.5, 0.6) is 0 Å². The van der Waals surface area contributed by atoms with Crippen LogP contribution < -0.4 is 0 Å². The van der Waals surface area contributed by atoms with Crippen LogP contribution in [0.1, 0.15) is 41.0 Å². The molecule has 0 aliphatic carbocycles. The highest BCUT2D eigenvalue weighted by molar-refractivity contribution is 7.08. The Morgan fingerprint density at radius 1 is 0.914 bits per heavy atom. The predicted molar refractivity (Wildman–Crippen MR) is 142 cm³/mol. The van der Waals surface area contributed by atoms with Gasteiger partial charge in [-0.1, -0.05) is 42.0 Å². The second-order valence-corrected chi connectivity index (χ2v) is 11.3. The van der Waals surface area contributed by atoms with E-state index in [-0.39, 0.29) is 5.82 Å². The van der Waals surface area contributed by atoms with Crippen molar-refractivity contribution in [3.8, 4) is 0 Å². The van der Waals surface area contributed by atoms with Crippen molar-refractivity contribution < 1.29 is 9.13 Å². The number of aryl methyl sites for hydroxylation is 1. The Kier molecular flexibility index (Phi) is 8.30. The number of hydrogen-bond acceptors (Lipinski definition) is 4. The quantitative estimate of drug-likeness (QED) is 0.347. The fourth-order valence-corrected chi connectivity index (χ4v) is 6.41. The van der Waals surface area contributed by atoms with Gasteiger partial charge in [0.25, 0.3) is 0 Å². The predicted octanol–water partition coefficient (Wildman–Crippen LogP) is 6.34. The van der Waals surface area contributed by atoms with E-state index >= 15 is 0 Å². The molecule has 5 rings (SSSR count). The fourth-order valence-electron chi connectivity index (χ4n) is 5.68. The van der Waals surface area contributed by atoms with Crippen LogP contribution >= 0.6 is 11.3 Å². The topological polar surface area (TPSA) is 15.7 Å². The number of nitrogens with zero attached hydrogens (tertiary/aromatic N) is 2. The average molecular weight is 493 g/mol. The van der Waals surface area contributed by atoms with Crippen LogP contribution in [0.25, 0.3) is 0 Å². The highest BCUT2D eigenvalue weighted by Crippen LogP contribution is 2.36. The van der Waals surface area contributed by atoms with Gasteiger partial charge >= 0.3 is 0 Å². The molecule has 0 spiro atoms. The molecule has 2 fully saturated rings. The molecule has 2 saturated heterocycles. The molecular weight excluding hydrogens is 455 g/mol. The van der Waals surface area contributed by atoms with Crippen molar-refractivity contribution in [3.63, 3.8) is 0 Å². The standard InChI is InChI=1S/C30H37FN2OS/c1-23-2-4-24(5-3-23)16-33-18-28(30(19-33)27-12-15-35-22-27)17-32-13-10-26(11-14-32)21-34-20-25-6-8-29(31)9-7-25/h2-9,12,15,22,26,28,30H,10-11,13-14,16-21H2,1H3. The molecule has 186 valence electrons. The number of piperidine rings is 1. The van der Waals surface area contributed by atoms with Gasteiger partial charge in [0.15, 0.2) is 0 Å². The van der Waals surface area contributed by atoms with Gasteiger partial charge < -0.3 is 9.64 Å². The number of rotatable bonds is 9. The summed E-state index contributed by atoms with van der Waals surface area (Å²) >= 11 is 1.82. The largest absolute Gasteiger partial charge is 0.376 e. The van der Waals surface area contributed by atoms with Crippen molar-refractivity contribution in [2.75, 3.05) is 39.3 Å². The van der Waals surface area contributed by atoms with Crippen molar-refractivity contribution in [2.45, 2.75) is 38.8 Å². The molecule has 2 atom stereocenters. The third kappa shape index (κ3) is 6.79. The summed E-state index contributed by atoms with van der Waals surface area (Å²) in [5.74, 6) is 1.74. The zero-order valence-corrected chi connectivity index (χ0v) is 21.6. The lowest BCUT2D eigenvalue weighted by Crippen LogP contribution is -2.39. The molecule has 35 heavy (non-hydrogen) atoms. The molecule has 0 N–H and O–H groups in total. The Morgan fingerprint density at radius 3 is 2.37 bits per heavy atom. The number of ether oxygens (including phenoxy) is 1. The van der Waals surface area contributed by atoms with E-state index in [9.17, 15) is 4.39 Å². The first kappa shape index (κ1) is 24.6. The number of thiophene rings is 1. The maximum atomic E-state index is 13.1. The number of hydrogen-bond donors (Lipinski definition) is 0. The van der Waals surface area contributed by atoms with Gasteiger partial charge in [0.2, 0.25) is 0 Å². The van der Waals surface area contributed by atoms with E-state index in [2.05, 4.69) is 57.8 Å². The highest BCUT2D eigenvalue weighted by atomic mass is 32.1. The van der Waals surface area contributed by atoms with Crippen LogP contribution in [0.2, 0.25) is 0 Å². The van der Waals surface area contributed by atoms with Crippen LogP contribution in [0, 0.1) is 24.6 Å². The van der Waals surface area contributed by atoms with Crippen LogP contribution in [-0.4, -0.2) is 49.1 Å². The minimum Gasteiger partial charge on any atom is -0.376 e. The van der Waals surface area contributed by atoms with Crippen molar-refractivity contribution in [3.05, 3.63) is 93.4 Å². The van der Waals surface area contributed by atoms with E-state index in [1.165, 1.54) is 54.8 Å². The maximum Gasteiger partial charge on any atom is 0.123 e. The Morgan fingerprint density at radius 2 is 1.66 bits per heavy atom.